The minimum Gasteiger partial charge on any atom is -0.425 e. The maximum absolute atomic E-state index is 12.5. The first-order valence-corrected chi connectivity index (χ1v) is 10.3. The van der Waals surface area contributed by atoms with E-state index in [4.69, 9.17) is 4.42 Å². The lowest BCUT2D eigenvalue weighted by molar-refractivity contribution is -0.130. The van der Waals surface area contributed by atoms with Crippen molar-refractivity contribution < 1.29 is 9.21 Å². The van der Waals surface area contributed by atoms with E-state index in [0.29, 0.717) is 37.6 Å². The van der Waals surface area contributed by atoms with Crippen molar-refractivity contribution in [2.45, 2.75) is 32.7 Å². The molecular weight excluding hydrogens is 390 g/mol. The van der Waals surface area contributed by atoms with E-state index in [1.165, 1.54) is 5.56 Å². The lowest BCUT2D eigenvalue weighted by Gasteiger charge is -2.17. The molecule has 0 aliphatic heterocycles. The van der Waals surface area contributed by atoms with Gasteiger partial charge in [0.05, 0.1) is 12.1 Å². The van der Waals surface area contributed by atoms with Crippen LogP contribution < -0.4 is 0 Å². The van der Waals surface area contributed by atoms with Crippen molar-refractivity contribution in [2.75, 3.05) is 7.05 Å². The first kappa shape index (κ1) is 20.5. The summed E-state index contributed by atoms with van der Waals surface area (Å²) in [7, 11) is 1.81. The van der Waals surface area contributed by atoms with E-state index in [0.717, 1.165) is 16.8 Å². The highest BCUT2D eigenvalue weighted by Crippen LogP contribution is 2.13. The largest absolute Gasteiger partial charge is 0.425 e. The second-order valence-corrected chi connectivity index (χ2v) is 7.62. The highest BCUT2D eigenvalue weighted by atomic mass is 16.4. The standard InChI is InChI=1S/C24H25N5O2/c1-18-5-3-6-20(15-18)16-23-27-26-22(31-23)11-12-24(30)28(2)17-19-7-9-21(10-8-19)29-14-4-13-25-29/h3-10,13-15H,11-12,16-17H2,1-2H3. The van der Waals surface area contributed by atoms with Crippen LogP contribution in [0.2, 0.25) is 0 Å². The number of hydrogen-bond acceptors (Lipinski definition) is 5. The molecule has 31 heavy (non-hydrogen) atoms. The van der Waals surface area contributed by atoms with Gasteiger partial charge in [-0.3, -0.25) is 4.79 Å². The van der Waals surface area contributed by atoms with Gasteiger partial charge < -0.3 is 9.32 Å². The van der Waals surface area contributed by atoms with Gasteiger partial charge in [-0.2, -0.15) is 5.10 Å². The third kappa shape index (κ3) is 5.45. The number of benzene rings is 2. The van der Waals surface area contributed by atoms with Crippen molar-refractivity contribution in [1.82, 2.24) is 24.9 Å². The van der Waals surface area contributed by atoms with Crippen molar-refractivity contribution in [3.05, 3.63) is 95.5 Å². The maximum Gasteiger partial charge on any atom is 0.223 e. The van der Waals surface area contributed by atoms with E-state index in [1.54, 1.807) is 22.8 Å². The summed E-state index contributed by atoms with van der Waals surface area (Å²) in [6.45, 7) is 2.60. The van der Waals surface area contributed by atoms with Gasteiger partial charge in [0.2, 0.25) is 17.7 Å². The summed E-state index contributed by atoms with van der Waals surface area (Å²) >= 11 is 0. The van der Waals surface area contributed by atoms with Crippen LogP contribution in [0.3, 0.4) is 0 Å². The first-order chi connectivity index (χ1) is 15.1. The highest BCUT2D eigenvalue weighted by Gasteiger charge is 2.13. The van der Waals surface area contributed by atoms with Crippen LogP contribution in [0.25, 0.3) is 5.69 Å². The Labute approximate surface area is 181 Å². The lowest BCUT2D eigenvalue weighted by Crippen LogP contribution is -2.26. The smallest absolute Gasteiger partial charge is 0.223 e. The summed E-state index contributed by atoms with van der Waals surface area (Å²) in [5.74, 6) is 1.10. The number of rotatable bonds is 8. The second kappa shape index (κ2) is 9.38. The fourth-order valence-corrected chi connectivity index (χ4v) is 3.40. The zero-order valence-electron chi connectivity index (χ0n) is 17.7. The van der Waals surface area contributed by atoms with E-state index in [1.807, 2.05) is 48.7 Å². The molecule has 0 saturated heterocycles. The molecule has 4 rings (SSSR count). The summed E-state index contributed by atoms with van der Waals surface area (Å²) in [6.07, 6.45) is 5.00. The Hall–Kier alpha value is -3.74. The third-order valence-corrected chi connectivity index (χ3v) is 5.05. The average Bonchev–Trinajstić information content (AvgIpc) is 3.45. The normalized spacial score (nSPS) is 10.9. The minimum atomic E-state index is 0.0367. The molecular formula is C24H25N5O2. The quantitative estimate of drug-likeness (QED) is 0.438. The van der Waals surface area contributed by atoms with Gasteiger partial charge >= 0.3 is 0 Å². The van der Waals surface area contributed by atoms with Crippen molar-refractivity contribution in [1.29, 1.82) is 0 Å². The Morgan fingerprint density at radius 1 is 1.03 bits per heavy atom. The topological polar surface area (TPSA) is 77.1 Å². The van der Waals surface area contributed by atoms with Crippen LogP contribution in [0.1, 0.15) is 34.9 Å². The van der Waals surface area contributed by atoms with Crippen LogP contribution in [0.15, 0.2) is 71.4 Å². The van der Waals surface area contributed by atoms with E-state index in [-0.39, 0.29) is 5.91 Å². The molecule has 2 aromatic carbocycles. The summed E-state index contributed by atoms with van der Waals surface area (Å²) in [6, 6.07) is 18.1. The molecule has 0 fully saturated rings. The Balaban J connectivity index is 1.27. The number of aromatic nitrogens is 4. The van der Waals surface area contributed by atoms with Crippen LogP contribution in [-0.4, -0.2) is 37.8 Å². The molecule has 0 aliphatic carbocycles. The van der Waals surface area contributed by atoms with E-state index in [2.05, 4.69) is 34.4 Å². The van der Waals surface area contributed by atoms with Gasteiger partial charge in [-0.25, -0.2) is 4.68 Å². The van der Waals surface area contributed by atoms with Crippen LogP contribution in [-0.2, 0) is 24.2 Å². The van der Waals surface area contributed by atoms with Crippen LogP contribution in [0.5, 0.6) is 0 Å². The Morgan fingerprint density at radius 2 is 1.84 bits per heavy atom. The molecule has 2 heterocycles. The Bertz CT molecular complexity index is 1130. The monoisotopic (exact) mass is 415 g/mol. The fourth-order valence-electron chi connectivity index (χ4n) is 3.40. The molecule has 0 bridgehead atoms. The predicted molar refractivity (Wildman–Crippen MR) is 117 cm³/mol. The van der Waals surface area contributed by atoms with Crippen molar-refractivity contribution >= 4 is 5.91 Å². The van der Waals surface area contributed by atoms with Crippen LogP contribution >= 0.6 is 0 Å². The van der Waals surface area contributed by atoms with Crippen LogP contribution in [0.4, 0.5) is 0 Å². The summed E-state index contributed by atoms with van der Waals surface area (Å²) in [4.78, 5) is 14.2. The van der Waals surface area contributed by atoms with E-state index >= 15 is 0 Å². The van der Waals surface area contributed by atoms with Crippen molar-refractivity contribution in [2.24, 2.45) is 0 Å². The summed E-state index contributed by atoms with van der Waals surface area (Å²) in [5, 5.41) is 12.4. The number of aryl methyl sites for hydroxylation is 2. The Kier molecular flexibility index (Phi) is 6.21. The zero-order chi connectivity index (χ0) is 21.6. The molecule has 0 atom stereocenters. The molecule has 7 nitrogen and oxygen atoms in total. The fraction of sp³-hybridized carbons (Fsp3) is 0.250. The third-order valence-electron chi connectivity index (χ3n) is 5.05. The molecule has 2 aromatic heterocycles. The van der Waals surface area contributed by atoms with Crippen molar-refractivity contribution in [3.8, 4) is 5.69 Å². The van der Waals surface area contributed by atoms with Gasteiger partial charge in [0.1, 0.15) is 0 Å². The molecule has 0 spiro atoms. The van der Waals surface area contributed by atoms with Gasteiger partial charge in [0.15, 0.2) is 0 Å². The van der Waals surface area contributed by atoms with Gasteiger partial charge in [0.25, 0.3) is 0 Å². The van der Waals surface area contributed by atoms with Gasteiger partial charge in [0, 0.05) is 38.8 Å². The first-order valence-electron chi connectivity index (χ1n) is 10.3. The van der Waals surface area contributed by atoms with E-state index in [9.17, 15) is 4.79 Å². The number of hydrogen-bond donors (Lipinski definition) is 0. The predicted octanol–water partition coefficient (Wildman–Crippen LogP) is 3.75. The number of nitrogens with zero attached hydrogens (tertiary/aromatic N) is 5. The average molecular weight is 415 g/mol. The molecule has 7 heteroatoms. The number of amides is 1. The van der Waals surface area contributed by atoms with Gasteiger partial charge in [-0.05, 0) is 36.2 Å². The van der Waals surface area contributed by atoms with Crippen LogP contribution in [0, 0.1) is 6.92 Å². The second-order valence-electron chi connectivity index (χ2n) is 7.62. The molecule has 0 N–H and O–H groups in total. The highest BCUT2D eigenvalue weighted by molar-refractivity contribution is 5.76. The summed E-state index contributed by atoms with van der Waals surface area (Å²) < 4.78 is 7.53. The number of carbonyl (C=O) groups excluding carboxylic acids is 1. The maximum atomic E-state index is 12.5. The Morgan fingerprint density at radius 3 is 2.58 bits per heavy atom. The van der Waals surface area contributed by atoms with Gasteiger partial charge in [-0.1, -0.05) is 42.0 Å². The molecule has 0 radical (unpaired) electrons. The van der Waals surface area contributed by atoms with Crippen molar-refractivity contribution in [3.63, 3.8) is 0 Å². The van der Waals surface area contributed by atoms with Gasteiger partial charge in [-0.15, -0.1) is 10.2 Å². The lowest BCUT2D eigenvalue weighted by atomic mass is 10.1. The molecule has 0 unspecified atom stereocenters. The molecule has 0 saturated carbocycles. The molecule has 4 aromatic rings. The minimum absolute atomic E-state index is 0.0367. The summed E-state index contributed by atoms with van der Waals surface area (Å²) in [5.41, 5.74) is 4.37. The number of carbonyl (C=O) groups is 1. The van der Waals surface area contributed by atoms with E-state index < -0.39 is 0 Å². The molecule has 158 valence electrons. The molecule has 0 aliphatic rings. The molecule has 1 amide bonds. The SMILES string of the molecule is Cc1cccc(Cc2nnc(CCC(=O)N(C)Cc3ccc(-n4cccn4)cc3)o2)c1. The zero-order valence-corrected chi connectivity index (χ0v) is 17.7.